The topological polar surface area (TPSA) is 30.5 Å². The standard InChI is InChI=1S/C54H42N4/c1-5-15-41(16-6-1)43-25-33-49(34-26-43)57(47-19-9-3-10-20-47)51-37-29-45(30-38-51)55-53-23-13-14-24-54(53)56-46-31-39-52(40-32-46)58(48-21-11-4-12-22-48)50-35-27-44(28-36-50)42-17-7-2-8-18-42/h1-40,55-56H. The number of hydrogen-bond donors (Lipinski definition) is 2. The highest BCUT2D eigenvalue weighted by atomic mass is 15.1. The van der Waals surface area contributed by atoms with Crippen LogP contribution in [0.1, 0.15) is 0 Å². The van der Waals surface area contributed by atoms with Crippen molar-refractivity contribution in [3.05, 3.63) is 243 Å². The molecule has 0 aromatic heterocycles. The highest BCUT2D eigenvalue weighted by Gasteiger charge is 2.15. The molecule has 0 aliphatic carbocycles. The van der Waals surface area contributed by atoms with Gasteiger partial charge in [-0.15, -0.1) is 0 Å². The van der Waals surface area contributed by atoms with Crippen molar-refractivity contribution in [3.63, 3.8) is 0 Å². The molecule has 2 N–H and O–H groups in total. The van der Waals surface area contributed by atoms with Gasteiger partial charge in [0.15, 0.2) is 0 Å². The zero-order chi connectivity index (χ0) is 38.9. The lowest BCUT2D eigenvalue weighted by atomic mass is 10.0. The van der Waals surface area contributed by atoms with E-state index in [-0.39, 0.29) is 0 Å². The van der Waals surface area contributed by atoms with Gasteiger partial charge in [-0.05, 0) is 131 Å². The first-order valence-electron chi connectivity index (χ1n) is 19.6. The van der Waals surface area contributed by atoms with Gasteiger partial charge in [-0.25, -0.2) is 0 Å². The Hall–Kier alpha value is -7.82. The minimum atomic E-state index is 0.986. The van der Waals surface area contributed by atoms with Gasteiger partial charge in [0.1, 0.15) is 0 Å². The Morgan fingerprint density at radius 3 is 0.776 bits per heavy atom. The van der Waals surface area contributed by atoms with Gasteiger partial charge in [0.2, 0.25) is 0 Å². The molecular weight excluding hydrogens is 705 g/mol. The van der Waals surface area contributed by atoms with Crippen LogP contribution in [-0.4, -0.2) is 0 Å². The summed E-state index contributed by atoms with van der Waals surface area (Å²) in [5.41, 5.74) is 15.3. The van der Waals surface area contributed by atoms with Gasteiger partial charge in [0, 0.05) is 45.5 Å². The van der Waals surface area contributed by atoms with Crippen molar-refractivity contribution in [2.24, 2.45) is 0 Å². The minimum absolute atomic E-state index is 0.986. The average molecular weight is 747 g/mol. The molecule has 0 aliphatic rings. The third-order valence-electron chi connectivity index (χ3n) is 10.2. The van der Waals surface area contributed by atoms with E-state index in [9.17, 15) is 0 Å². The molecule has 9 aromatic carbocycles. The fraction of sp³-hybridized carbons (Fsp3) is 0. The van der Waals surface area contributed by atoms with E-state index in [2.05, 4.69) is 263 Å². The summed E-state index contributed by atoms with van der Waals surface area (Å²) in [7, 11) is 0. The fourth-order valence-electron chi connectivity index (χ4n) is 7.32. The van der Waals surface area contributed by atoms with E-state index in [1.807, 2.05) is 0 Å². The van der Waals surface area contributed by atoms with Crippen LogP contribution in [0.4, 0.5) is 56.9 Å². The van der Waals surface area contributed by atoms with Crippen molar-refractivity contribution in [2.45, 2.75) is 0 Å². The molecule has 0 unspecified atom stereocenters. The van der Waals surface area contributed by atoms with Gasteiger partial charge in [0.25, 0.3) is 0 Å². The van der Waals surface area contributed by atoms with Gasteiger partial charge >= 0.3 is 0 Å². The van der Waals surface area contributed by atoms with E-state index in [0.29, 0.717) is 0 Å². The highest BCUT2D eigenvalue weighted by molar-refractivity contribution is 5.83. The van der Waals surface area contributed by atoms with Gasteiger partial charge < -0.3 is 20.4 Å². The summed E-state index contributed by atoms with van der Waals surface area (Å²) in [4.78, 5) is 4.58. The number of para-hydroxylation sites is 4. The second-order valence-electron chi connectivity index (χ2n) is 14.1. The van der Waals surface area contributed by atoms with Crippen LogP contribution < -0.4 is 20.4 Å². The molecule has 0 radical (unpaired) electrons. The van der Waals surface area contributed by atoms with Crippen molar-refractivity contribution < 1.29 is 0 Å². The molecule has 0 heterocycles. The Morgan fingerprint density at radius 1 is 0.207 bits per heavy atom. The highest BCUT2D eigenvalue weighted by Crippen LogP contribution is 2.39. The lowest BCUT2D eigenvalue weighted by molar-refractivity contribution is 1.28. The Kier molecular flexibility index (Phi) is 10.5. The molecule has 4 nitrogen and oxygen atoms in total. The van der Waals surface area contributed by atoms with Crippen LogP contribution in [0.5, 0.6) is 0 Å². The molecule has 58 heavy (non-hydrogen) atoms. The van der Waals surface area contributed by atoms with Crippen LogP contribution in [0.2, 0.25) is 0 Å². The summed E-state index contributed by atoms with van der Waals surface area (Å²) in [6.45, 7) is 0. The minimum Gasteiger partial charge on any atom is -0.354 e. The Labute approximate surface area is 341 Å². The molecule has 0 atom stereocenters. The van der Waals surface area contributed by atoms with Gasteiger partial charge in [-0.3, -0.25) is 0 Å². The normalized spacial score (nSPS) is 10.8. The maximum absolute atomic E-state index is 3.66. The zero-order valence-electron chi connectivity index (χ0n) is 32.0. The number of benzene rings is 9. The third kappa shape index (κ3) is 8.08. The molecule has 0 bridgehead atoms. The zero-order valence-corrected chi connectivity index (χ0v) is 32.0. The monoisotopic (exact) mass is 746 g/mol. The number of rotatable bonds is 12. The molecule has 9 aromatic rings. The maximum atomic E-state index is 3.66. The van der Waals surface area contributed by atoms with Crippen LogP contribution >= 0.6 is 0 Å². The summed E-state index contributed by atoms with van der Waals surface area (Å²) in [5.74, 6) is 0. The number of hydrogen-bond acceptors (Lipinski definition) is 4. The molecule has 9 rings (SSSR count). The molecule has 0 saturated heterocycles. The summed E-state index contributed by atoms with van der Waals surface area (Å²) >= 11 is 0. The van der Waals surface area contributed by atoms with Crippen LogP contribution in [0, 0.1) is 0 Å². The lowest BCUT2D eigenvalue weighted by Crippen LogP contribution is -2.10. The summed E-state index contributed by atoms with van der Waals surface area (Å²) in [6.07, 6.45) is 0. The van der Waals surface area contributed by atoms with E-state index in [1.165, 1.54) is 22.3 Å². The van der Waals surface area contributed by atoms with Crippen molar-refractivity contribution in [1.29, 1.82) is 0 Å². The van der Waals surface area contributed by atoms with E-state index >= 15 is 0 Å². The Morgan fingerprint density at radius 2 is 0.448 bits per heavy atom. The molecule has 0 spiro atoms. The maximum Gasteiger partial charge on any atom is 0.0623 e. The predicted molar refractivity (Wildman–Crippen MR) is 246 cm³/mol. The first-order valence-corrected chi connectivity index (χ1v) is 19.6. The van der Waals surface area contributed by atoms with E-state index in [4.69, 9.17) is 0 Å². The first-order chi connectivity index (χ1) is 28.7. The molecule has 0 saturated carbocycles. The quantitative estimate of drug-likeness (QED) is 0.130. The molecule has 278 valence electrons. The van der Waals surface area contributed by atoms with Crippen LogP contribution in [0.3, 0.4) is 0 Å². The van der Waals surface area contributed by atoms with Crippen molar-refractivity contribution in [1.82, 2.24) is 0 Å². The second-order valence-corrected chi connectivity index (χ2v) is 14.1. The van der Waals surface area contributed by atoms with Crippen molar-refractivity contribution >= 4 is 56.9 Å². The van der Waals surface area contributed by atoms with Crippen molar-refractivity contribution in [3.8, 4) is 22.3 Å². The number of nitrogens with zero attached hydrogens (tertiary/aromatic N) is 2. The summed E-state index contributed by atoms with van der Waals surface area (Å²) in [5, 5.41) is 7.33. The Balaban J connectivity index is 0.932. The van der Waals surface area contributed by atoms with Crippen LogP contribution in [0.25, 0.3) is 22.3 Å². The van der Waals surface area contributed by atoms with Gasteiger partial charge in [0.05, 0.1) is 11.4 Å². The molecule has 0 fully saturated rings. The summed E-state index contributed by atoms with van der Waals surface area (Å²) in [6, 6.07) is 85.1. The molecule has 0 amide bonds. The van der Waals surface area contributed by atoms with Crippen LogP contribution in [0.15, 0.2) is 243 Å². The van der Waals surface area contributed by atoms with Crippen LogP contribution in [-0.2, 0) is 0 Å². The van der Waals surface area contributed by atoms with E-state index < -0.39 is 0 Å². The molecular formula is C54H42N4. The first kappa shape index (κ1) is 35.9. The fourth-order valence-corrected chi connectivity index (χ4v) is 7.32. The molecule has 0 aliphatic heterocycles. The van der Waals surface area contributed by atoms with Gasteiger partial charge in [-0.2, -0.15) is 0 Å². The largest absolute Gasteiger partial charge is 0.354 e. The van der Waals surface area contributed by atoms with E-state index in [0.717, 1.165) is 56.9 Å². The Bertz CT molecular complexity index is 2470. The summed E-state index contributed by atoms with van der Waals surface area (Å²) < 4.78 is 0. The molecule has 4 heteroatoms. The smallest absolute Gasteiger partial charge is 0.0623 e. The third-order valence-corrected chi connectivity index (χ3v) is 10.2. The van der Waals surface area contributed by atoms with Gasteiger partial charge in [-0.1, -0.05) is 133 Å². The number of anilines is 10. The number of nitrogens with one attached hydrogen (secondary N) is 2. The SMILES string of the molecule is c1ccc(-c2ccc(N(c3ccccc3)c3ccc(Nc4ccccc4Nc4ccc(N(c5ccccc5)c5ccc(-c6ccccc6)cc5)cc4)cc3)cc2)cc1. The lowest BCUT2D eigenvalue weighted by Gasteiger charge is -2.26. The second kappa shape index (κ2) is 16.9. The predicted octanol–water partition coefficient (Wildman–Crippen LogP) is 15.4. The average Bonchev–Trinajstić information content (AvgIpc) is 3.30. The van der Waals surface area contributed by atoms with Crippen molar-refractivity contribution in [2.75, 3.05) is 20.4 Å². The van der Waals surface area contributed by atoms with E-state index in [1.54, 1.807) is 0 Å².